The molecule has 0 radical (unpaired) electrons. The zero-order valence-corrected chi connectivity index (χ0v) is 12.4. The second-order valence-corrected chi connectivity index (χ2v) is 6.29. The van der Waals surface area contributed by atoms with E-state index in [1.165, 1.54) is 17.8 Å². The predicted octanol–water partition coefficient (Wildman–Crippen LogP) is 1.20. The zero-order chi connectivity index (χ0) is 15.6. The first kappa shape index (κ1) is 15.1. The first-order chi connectivity index (χ1) is 9.83. The molecular formula is C12H16N4O4S. The van der Waals surface area contributed by atoms with Crippen LogP contribution in [0.5, 0.6) is 0 Å². The van der Waals surface area contributed by atoms with Gasteiger partial charge in [-0.05, 0) is 12.5 Å². The molecular weight excluding hydrogens is 296 g/mol. The molecule has 2 aromatic heterocycles. The van der Waals surface area contributed by atoms with E-state index in [4.69, 9.17) is 5.11 Å². The van der Waals surface area contributed by atoms with Crippen LogP contribution in [0.1, 0.15) is 29.5 Å². The number of anilines is 1. The number of carbonyl (C=O) groups is 1. The van der Waals surface area contributed by atoms with Gasteiger partial charge in [0.15, 0.2) is 5.82 Å². The molecule has 0 bridgehead atoms. The molecule has 0 saturated carbocycles. The third-order valence-corrected chi connectivity index (χ3v) is 4.22. The second-order valence-electron chi connectivity index (χ2n) is 4.61. The minimum absolute atomic E-state index is 0.107. The number of hydrogen-bond donors (Lipinski definition) is 3. The Morgan fingerprint density at radius 2 is 2.19 bits per heavy atom. The van der Waals surface area contributed by atoms with Gasteiger partial charge in [-0.3, -0.25) is 9.82 Å². The van der Waals surface area contributed by atoms with Crippen molar-refractivity contribution in [2.24, 2.45) is 7.05 Å². The Kier molecular flexibility index (Phi) is 4.03. The van der Waals surface area contributed by atoms with Crippen molar-refractivity contribution in [1.82, 2.24) is 14.8 Å². The first-order valence-electron chi connectivity index (χ1n) is 6.30. The van der Waals surface area contributed by atoms with E-state index < -0.39 is 16.0 Å². The van der Waals surface area contributed by atoms with E-state index in [2.05, 4.69) is 14.9 Å². The summed E-state index contributed by atoms with van der Waals surface area (Å²) in [5.41, 5.74) is 0.721. The van der Waals surface area contributed by atoms with Gasteiger partial charge in [0.05, 0.1) is 0 Å². The zero-order valence-electron chi connectivity index (χ0n) is 11.6. The summed E-state index contributed by atoms with van der Waals surface area (Å²) in [7, 11) is -2.40. The minimum Gasteiger partial charge on any atom is -0.477 e. The number of carboxylic acid groups (broad SMARTS) is 1. The normalized spacial score (nSPS) is 11.5. The molecule has 9 heteroatoms. The van der Waals surface area contributed by atoms with Gasteiger partial charge < -0.3 is 9.67 Å². The lowest BCUT2D eigenvalue weighted by Gasteiger charge is -2.01. The SMILES string of the molecule is CCCc1cc(NS(=O)(=O)c2cc(C(=O)O)n(C)c2)n[nH]1. The predicted molar refractivity (Wildman–Crippen MR) is 75.8 cm³/mol. The number of aryl methyl sites for hydroxylation is 2. The van der Waals surface area contributed by atoms with Gasteiger partial charge in [0.25, 0.3) is 10.0 Å². The largest absolute Gasteiger partial charge is 0.477 e. The third kappa shape index (κ3) is 3.24. The van der Waals surface area contributed by atoms with Gasteiger partial charge >= 0.3 is 5.97 Å². The molecule has 0 atom stereocenters. The quantitative estimate of drug-likeness (QED) is 0.741. The van der Waals surface area contributed by atoms with Crippen molar-refractivity contribution in [2.75, 3.05) is 4.72 Å². The van der Waals surface area contributed by atoms with Crippen LogP contribution in [-0.2, 0) is 23.5 Å². The van der Waals surface area contributed by atoms with E-state index in [-0.39, 0.29) is 16.4 Å². The number of aromatic amines is 1. The van der Waals surface area contributed by atoms with Crippen molar-refractivity contribution in [3.8, 4) is 0 Å². The van der Waals surface area contributed by atoms with E-state index in [1.54, 1.807) is 6.07 Å². The summed E-state index contributed by atoms with van der Waals surface area (Å²) >= 11 is 0. The van der Waals surface area contributed by atoms with Gasteiger partial charge in [-0.2, -0.15) is 5.10 Å². The summed E-state index contributed by atoms with van der Waals surface area (Å²) in [5.74, 6) is -1.01. The van der Waals surface area contributed by atoms with E-state index >= 15 is 0 Å². The van der Waals surface area contributed by atoms with Crippen molar-refractivity contribution in [3.05, 3.63) is 29.7 Å². The molecule has 0 aliphatic carbocycles. The average Bonchev–Trinajstić information content (AvgIpc) is 2.96. The summed E-state index contributed by atoms with van der Waals surface area (Å²) in [5, 5.41) is 15.6. The van der Waals surface area contributed by atoms with Crippen LogP contribution in [0.4, 0.5) is 5.82 Å². The fraction of sp³-hybridized carbons (Fsp3) is 0.333. The lowest BCUT2D eigenvalue weighted by atomic mass is 10.2. The number of hydrogen-bond acceptors (Lipinski definition) is 4. The maximum Gasteiger partial charge on any atom is 0.352 e. The van der Waals surface area contributed by atoms with Gasteiger partial charge in [0, 0.05) is 25.0 Å². The van der Waals surface area contributed by atoms with E-state index in [0.717, 1.165) is 24.6 Å². The minimum atomic E-state index is -3.87. The number of H-pyrrole nitrogens is 1. The molecule has 21 heavy (non-hydrogen) atoms. The van der Waals surface area contributed by atoms with Crippen LogP contribution in [0.2, 0.25) is 0 Å². The Labute approximate surface area is 121 Å². The fourth-order valence-electron chi connectivity index (χ4n) is 1.90. The summed E-state index contributed by atoms with van der Waals surface area (Å²) in [6.45, 7) is 2.00. The number of rotatable bonds is 6. The van der Waals surface area contributed by atoms with Crippen LogP contribution >= 0.6 is 0 Å². The van der Waals surface area contributed by atoms with Gasteiger partial charge in [-0.15, -0.1) is 0 Å². The summed E-state index contributed by atoms with van der Waals surface area (Å²) in [4.78, 5) is 10.8. The Morgan fingerprint density at radius 1 is 1.48 bits per heavy atom. The summed E-state index contributed by atoms with van der Waals surface area (Å²) in [6.07, 6.45) is 2.92. The molecule has 2 rings (SSSR count). The van der Waals surface area contributed by atoms with Gasteiger partial charge in [-0.25, -0.2) is 13.2 Å². The molecule has 0 unspecified atom stereocenters. The van der Waals surface area contributed by atoms with Crippen molar-refractivity contribution in [3.63, 3.8) is 0 Å². The number of carboxylic acids is 1. The lowest BCUT2D eigenvalue weighted by molar-refractivity contribution is 0.0686. The van der Waals surface area contributed by atoms with Gasteiger partial charge in [0.1, 0.15) is 10.6 Å². The van der Waals surface area contributed by atoms with Crippen LogP contribution in [0.15, 0.2) is 23.2 Å². The Balaban J connectivity index is 2.25. The smallest absolute Gasteiger partial charge is 0.352 e. The molecule has 0 aliphatic heterocycles. The Morgan fingerprint density at radius 3 is 2.76 bits per heavy atom. The maximum atomic E-state index is 12.2. The second kappa shape index (κ2) is 5.60. The molecule has 3 N–H and O–H groups in total. The molecule has 114 valence electrons. The van der Waals surface area contributed by atoms with Crippen LogP contribution < -0.4 is 4.72 Å². The van der Waals surface area contributed by atoms with E-state index in [1.807, 2.05) is 6.92 Å². The number of nitrogens with zero attached hydrogens (tertiary/aromatic N) is 2. The van der Waals surface area contributed by atoms with Gasteiger partial charge in [0.2, 0.25) is 0 Å². The number of nitrogens with one attached hydrogen (secondary N) is 2. The number of sulfonamides is 1. The lowest BCUT2D eigenvalue weighted by Crippen LogP contribution is -2.12. The highest BCUT2D eigenvalue weighted by Gasteiger charge is 2.21. The average molecular weight is 312 g/mol. The van der Waals surface area contributed by atoms with Crippen molar-refractivity contribution < 1.29 is 18.3 Å². The molecule has 0 spiro atoms. The molecule has 0 amide bonds. The summed E-state index contributed by atoms with van der Waals surface area (Å²) < 4.78 is 27.9. The van der Waals surface area contributed by atoms with Crippen LogP contribution in [-0.4, -0.2) is 34.3 Å². The molecule has 0 saturated heterocycles. The van der Waals surface area contributed by atoms with Crippen LogP contribution in [0.3, 0.4) is 0 Å². The van der Waals surface area contributed by atoms with Crippen molar-refractivity contribution in [1.29, 1.82) is 0 Å². The monoisotopic (exact) mass is 312 g/mol. The summed E-state index contributed by atoms with van der Waals surface area (Å²) in [6, 6.07) is 2.71. The topological polar surface area (TPSA) is 117 Å². The van der Waals surface area contributed by atoms with Crippen molar-refractivity contribution in [2.45, 2.75) is 24.7 Å². The number of aromatic carboxylic acids is 1. The standard InChI is InChI=1S/C12H16N4O4S/c1-3-4-8-5-11(14-13-8)15-21(19,20)9-6-10(12(17)18)16(2)7-9/h5-7H,3-4H2,1-2H3,(H,17,18)(H2,13,14,15). The Hall–Kier alpha value is -2.29. The van der Waals surface area contributed by atoms with E-state index in [0.29, 0.717) is 0 Å². The van der Waals surface area contributed by atoms with Crippen molar-refractivity contribution >= 4 is 21.8 Å². The fourth-order valence-corrected chi connectivity index (χ4v) is 2.96. The Bertz CT molecular complexity index is 760. The van der Waals surface area contributed by atoms with Crippen LogP contribution in [0.25, 0.3) is 0 Å². The molecule has 8 nitrogen and oxygen atoms in total. The molecule has 0 aromatic carbocycles. The molecule has 2 heterocycles. The third-order valence-electron chi connectivity index (χ3n) is 2.90. The van der Waals surface area contributed by atoms with Crippen LogP contribution in [0, 0.1) is 0 Å². The highest BCUT2D eigenvalue weighted by atomic mass is 32.2. The first-order valence-corrected chi connectivity index (χ1v) is 7.78. The molecule has 0 fully saturated rings. The number of aromatic nitrogens is 3. The van der Waals surface area contributed by atoms with E-state index in [9.17, 15) is 13.2 Å². The molecule has 2 aromatic rings. The maximum absolute atomic E-state index is 12.2. The highest BCUT2D eigenvalue weighted by molar-refractivity contribution is 7.92. The highest BCUT2D eigenvalue weighted by Crippen LogP contribution is 2.18. The van der Waals surface area contributed by atoms with Gasteiger partial charge in [-0.1, -0.05) is 13.3 Å². The molecule has 0 aliphatic rings.